The highest BCUT2D eigenvalue weighted by Gasteiger charge is 2.49. The molecule has 0 bridgehead atoms. The van der Waals surface area contributed by atoms with Crippen molar-refractivity contribution >= 4 is 27.5 Å². The first-order valence-corrected chi connectivity index (χ1v) is 17.4. The van der Waals surface area contributed by atoms with E-state index < -0.39 is 11.6 Å². The largest absolute Gasteiger partial charge is 0.463 e. The van der Waals surface area contributed by atoms with Gasteiger partial charge in [-0.05, 0) is 87.7 Å². The van der Waals surface area contributed by atoms with Gasteiger partial charge in [0.25, 0.3) is 0 Å². The van der Waals surface area contributed by atoms with E-state index in [-0.39, 0.29) is 34.2 Å². The lowest BCUT2D eigenvalue weighted by Crippen LogP contribution is -2.52. The molecule has 2 saturated carbocycles. The average Bonchev–Trinajstić information content (AvgIpc) is 4.03. The van der Waals surface area contributed by atoms with Gasteiger partial charge in [0.1, 0.15) is 22.8 Å². The van der Waals surface area contributed by atoms with Gasteiger partial charge in [-0.1, -0.05) is 30.2 Å². The molecule has 242 valence electrons. The Hall–Kier alpha value is -3.87. The number of piperidine rings is 1. The van der Waals surface area contributed by atoms with Gasteiger partial charge in [-0.15, -0.1) is 6.42 Å². The first kappa shape index (κ1) is 29.3. The second-order valence-electron chi connectivity index (χ2n) is 14.8. The zero-order valence-corrected chi connectivity index (χ0v) is 26.8. The maximum atomic E-state index is 17.0. The molecule has 1 N–H and O–H groups in total. The van der Waals surface area contributed by atoms with Crippen molar-refractivity contribution in [2.45, 2.75) is 63.8 Å². The minimum Gasteiger partial charge on any atom is -0.463 e. The molecule has 0 radical (unpaired) electrons. The number of anilines is 1. The maximum absolute atomic E-state index is 17.0. The molecule has 7 nitrogen and oxygen atoms in total. The summed E-state index contributed by atoms with van der Waals surface area (Å²) < 4.78 is 38.5. The summed E-state index contributed by atoms with van der Waals surface area (Å²) >= 11 is 0. The average molecular weight is 635 g/mol. The molecule has 9 rings (SSSR count). The van der Waals surface area contributed by atoms with Crippen molar-refractivity contribution in [3.63, 3.8) is 0 Å². The first-order chi connectivity index (χ1) is 22.9. The van der Waals surface area contributed by atoms with E-state index in [1.807, 2.05) is 12.1 Å². The van der Waals surface area contributed by atoms with E-state index in [1.165, 1.54) is 44.8 Å². The number of nitrogens with zero attached hydrogens (tertiary/aromatic N) is 5. The molecule has 4 fully saturated rings. The van der Waals surface area contributed by atoms with Crippen molar-refractivity contribution in [2.24, 2.45) is 10.8 Å². The molecule has 3 aliphatic heterocycles. The third-order valence-electron chi connectivity index (χ3n) is 11.7. The van der Waals surface area contributed by atoms with Crippen LogP contribution in [-0.2, 0) is 6.42 Å². The Kier molecular flexibility index (Phi) is 6.92. The lowest BCUT2D eigenvalue weighted by molar-refractivity contribution is 0.115. The molecule has 2 aromatic heterocycles. The minimum atomic E-state index is -0.562. The molecule has 5 aliphatic rings. The molecular weight excluding hydrogens is 594 g/mol. The van der Waals surface area contributed by atoms with E-state index >= 15 is 4.39 Å². The Bertz CT molecular complexity index is 1940. The molecule has 5 heterocycles. The number of benzene rings is 2. The highest BCUT2D eigenvalue weighted by molar-refractivity contribution is 6.02. The Morgan fingerprint density at radius 2 is 1.83 bits per heavy atom. The lowest BCUT2D eigenvalue weighted by Gasteiger charge is -2.39. The third kappa shape index (κ3) is 5.12. The number of pyridine rings is 1. The predicted molar refractivity (Wildman–Crippen MR) is 180 cm³/mol. The van der Waals surface area contributed by atoms with Gasteiger partial charge in [0, 0.05) is 48.6 Å². The van der Waals surface area contributed by atoms with Gasteiger partial charge in [-0.25, -0.2) is 13.8 Å². The van der Waals surface area contributed by atoms with Crippen LogP contribution in [0.15, 0.2) is 30.3 Å². The number of piperazine rings is 1. The normalized spacial score (nSPS) is 22.8. The topological polar surface area (TPSA) is 66.4 Å². The Balaban J connectivity index is 1.14. The van der Waals surface area contributed by atoms with Crippen LogP contribution in [0.2, 0.25) is 0 Å². The summed E-state index contributed by atoms with van der Waals surface area (Å²) in [7, 11) is 0. The van der Waals surface area contributed by atoms with Crippen LogP contribution in [0.25, 0.3) is 32.9 Å². The van der Waals surface area contributed by atoms with Gasteiger partial charge in [0.15, 0.2) is 5.82 Å². The zero-order valence-electron chi connectivity index (χ0n) is 26.8. The summed E-state index contributed by atoms with van der Waals surface area (Å²) in [4.78, 5) is 19.7. The summed E-state index contributed by atoms with van der Waals surface area (Å²) in [5.41, 5.74) is 2.41. The van der Waals surface area contributed by atoms with Crippen molar-refractivity contribution in [1.82, 2.24) is 25.2 Å². The number of hydrogen-bond donors (Lipinski definition) is 1. The van der Waals surface area contributed by atoms with E-state index in [0.29, 0.717) is 40.6 Å². The molecule has 0 amide bonds. The summed E-state index contributed by atoms with van der Waals surface area (Å²) in [6, 6.07) is 8.94. The van der Waals surface area contributed by atoms with Crippen molar-refractivity contribution < 1.29 is 13.5 Å². The van der Waals surface area contributed by atoms with Gasteiger partial charge >= 0.3 is 6.01 Å². The van der Waals surface area contributed by atoms with E-state index in [0.717, 1.165) is 62.9 Å². The monoisotopic (exact) mass is 634 g/mol. The highest BCUT2D eigenvalue weighted by Crippen LogP contribution is 2.55. The number of ether oxygens (including phenoxy) is 1. The number of fused-ring (bicyclic) bond motifs is 3. The van der Waals surface area contributed by atoms with Gasteiger partial charge in [-0.2, -0.15) is 9.97 Å². The molecule has 1 unspecified atom stereocenters. The maximum Gasteiger partial charge on any atom is 0.319 e. The number of hydrogen-bond acceptors (Lipinski definition) is 7. The zero-order chi connectivity index (χ0) is 31.8. The number of nitrogens with one attached hydrogen (secondary N) is 1. The molecule has 4 aromatic rings. The molecule has 1 atom stereocenters. The fourth-order valence-corrected chi connectivity index (χ4v) is 8.41. The molecule has 1 spiro atoms. The summed E-state index contributed by atoms with van der Waals surface area (Å²) in [5, 5.41) is 5.38. The molecule has 2 aliphatic carbocycles. The van der Waals surface area contributed by atoms with Crippen molar-refractivity contribution in [1.29, 1.82) is 0 Å². The molecule has 47 heavy (non-hydrogen) atoms. The van der Waals surface area contributed by atoms with E-state index in [4.69, 9.17) is 26.1 Å². The van der Waals surface area contributed by atoms with Crippen LogP contribution in [0.5, 0.6) is 6.01 Å². The van der Waals surface area contributed by atoms with Crippen LogP contribution < -0.4 is 15.0 Å². The summed E-state index contributed by atoms with van der Waals surface area (Å²) in [6.07, 6.45) is 16.0. The van der Waals surface area contributed by atoms with Crippen LogP contribution in [-0.4, -0.2) is 71.8 Å². The van der Waals surface area contributed by atoms with E-state index in [2.05, 4.69) is 21.0 Å². The van der Waals surface area contributed by atoms with Gasteiger partial charge in [0.05, 0.1) is 23.3 Å². The highest BCUT2D eigenvalue weighted by atomic mass is 19.1. The fourth-order valence-electron chi connectivity index (χ4n) is 8.41. The van der Waals surface area contributed by atoms with Crippen LogP contribution >= 0.6 is 0 Å². The molecule has 9 heteroatoms. The van der Waals surface area contributed by atoms with Crippen LogP contribution in [0.3, 0.4) is 0 Å². The SMILES string of the molecule is C#Cc1c(F)ccc2cccc(-c3nc4c5c(nc(OCC6(CN7CCC8(CC7)CC8)CC6)nc5c3F)N3CCNCC3CCC4)c12. The van der Waals surface area contributed by atoms with Gasteiger partial charge in [-0.3, -0.25) is 0 Å². The molecule has 2 saturated heterocycles. The summed E-state index contributed by atoms with van der Waals surface area (Å²) in [6.45, 7) is 6.32. The third-order valence-corrected chi connectivity index (χ3v) is 11.7. The number of aromatic nitrogens is 3. The number of aryl methyl sites for hydroxylation is 1. The number of rotatable bonds is 6. The molecular formula is C38H40F2N6O. The Labute approximate surface area is 274 Å². The van der Waals surface area contributed by atoms with Crippen LogP contribution in [0.1, 0.15) is 62.6 Å². The second kappa shape index (κ2) is 11.1. The van der Waals surface area contributed by atoms with E-state index in [1.54, 1.807) is 12.1 Å². The van der Waals surface area contributed by atoms with Crippen molar-refractivity contribution in [2.75, 3.05) is 50.8 Å². The minimum absolute atomic E-state index is 0.0985. The predicted octanol–water partition coefficient (Wildman–Crippen LogP) is 6.25. The van der Waals surface area contributed by atoms with Crippen LogP contribution in [0, 0.1) is 34.8 Å². The quantitative estimate of drug-likeness (QED) is 0.252. The van der Waals surface area contributed by atoms with Gasteiger partial charge < -0.3 is 19.9 Å². The van der Waals surface area contributed by atoms with Crippen molar-refractivity contribution in [3.8, 4) is 29.6 Å². The smallest absolute Gasteiger partial charge is 0.319 e. The van der Waals surface area contributed by atoms with E-state index in [9.17, 15) is 4.39 Å². The fraction of sp³-hybridized carbons (Fsp3) is 0.500. The Morgan fingerprint density at radius 3 is 2.62 bits per heavy atom. The number of terminal acetylenes is 1. The second-order valence-corrected chi connectivity index (χ2v) is 14.8. The number of halogens is 2. The molecule has 2 aromatic carbocycles. The summed E-state index contributed by atoms with van der Waals surface area (Å²) in [5.74, 6) is 2.12. The van der Waals surface area contributed by atoms with Crippen LogP contribution in [0.4, 0.5) is 14.6 Å². The standard InChI is InChI=1S/C38H40F2N6O/c1-2-26-28(39)10-9-24-5-3-7-27(30(24)26)33-32(40)34-31-29(42-33)8-4-6-25-21-41-17-20-46(25)35(31)44-36(43-34)47-23-38(13-14-38)22-45-18-15-37(11-12-37)16-19-45/h1,3,5,7,9-10,25,41H,4,6,8,11-23H2. The first-order valence-electron chi connectivity index (χ1n) is 17.4. The van der Waals surface area contributed by atoms with Gasteiger partial charge in [0.2, 0.25) is 0 Å². The Morgan fingerprint density at radius 1 is 0.979 bits per heavy atom. The van der Waals surface area contributed by atoms with Crippen molar-refractivity contribution in [3.05, 3.63) is 53.2 Å². The lowest BCUT2D eigenvalue weighted by atomic mass is 9.93. The number of likely N-dealkylation sites (tertiary alicyclic amines) is 1.